The van der Waals surface area contributed by atoms with Crippen LogP contribution in [0.4, 0.5) is 5.69 Å². The Kier molecular flexibility index (Phi) is 9.24. The van der Waals surface area contributed by atoms with Crippen molar-refractivity contribution >= 4 is 39.7 Å². The van der Waals surface area contributed by atoms with Gasteiger partial charge in [0, 0.05) is 28.9 Å². The molecule has 4 rings (SSSR count). The number of rotatable bonds is 2. The van der Waals surface area contributed by atoms with Gasteiger partial charge in [0.1, 0.15) is 0 Å². The third kappa shape index (κ3) is 5.92. The summed E-state index contributed by atoms with van der Waals surface area (Å²) in [6, 6.07) is 15.1. The van der Waals surface area contributed by atoms with Gasteiger partial charge in [-0.2, -0.15) is 5.10 Å². The van der Waals surface area contributed by atoms with E-state index in [0.717, 1.165) is 27.5 Å². The van der Waals surface area contributed by atoms with Crippen molar-refractivity contribution in [3.8, 4) is 5.75 Å². The Bertz CT molecular complexity index is 1180. The molecule has 0 aliphatic heterocycles. The number of nitrogen functional groups attached to an aromatic ring is 1. The van der Waals surface area contributed by atoms with Crippen LogP contribution in [0.2, 0.25) is 0 Å². The Hall–Kier alpha value is -3.66. The van der Waals surface area contributed by atoms with Gasteiger partial charge in [-0.1, -0.05) is 36.1 Å². The minimum Gasteiger partial charge on any atom is -2.00 e. The van der Waals surface area contributed by atoms with Gasteiger partial charge in [-0.05, 0) is 29.8 Å². The van der Waals surface area contributed by atoms with Gasteiger partial charge in [0.05, 0.1) is 23.3 Å². The molecule has 1 radical (unpaired) electrons. The van der Waals surface area contributed by atoms with Gasteiger partial charge in [-0.25, -0.2) is 0 Å². The van der Waals surface area contributed by atoms with Crippen LogP contribution in [0.3, 0.4) is 0 Å². The maximum Gasteiger partial charge on any atom is 4.00 e. The average Bonchev–Trinajstić information content (AvgIpc) is 2.70. The van der Waals surface area contributed by atoms with Crippen LogP contribution in [0.15, 0.2) is 77.2 Å². The number of amidine groups is 1. The number of anilines is 1. The van der Waals surface area contributed by atoms with Gasteiger partial charge in [0.25, 0.3) is 0 Å². The Morgan fingerprint density at radius 2 is 1.63 bits per heavy atom. The summed E-state index contributed by atoms with van der Waals surface area (Å²) in [6.45, 7) is 0. The van der Waals surface area contributed by atoms with E-state index in [0.29, 0.717) is 5.56 Å². The van der Waals surface area contributed by atoms with E-state index < -0.39 is 6.02 Å². The molecule has 0 aliphatic carbocycles. The van der Waals surface area contributed by atoms with Gasteiger partial charge in [0.2, 0.25) is 0 Å². The molecule has 0 saturated carbocycles. The smallest absolute Gasteiger partial charge is 2.00 e. The van der Waals surface area contributed by atoms with E-state index in [9.17, 15) is 10.2 Å². The Balaban J connectivity index is 0.000000285. The summed E-state index contributed by atoms with van der Waals surface area (Å²) in [5.74, 6) is -0.175. The van der Waals surface area contributed by atoms with Crippen LogP contribution in [0.1, 0.15) is 5.56 Å². The molecule has 0 aliphatic rings. The van der Waals surface area contributed by atoms with E-state index in [4.69, 9.17) is 11.5 Å². The molecule has 0 bridgehead atoms. The molecule has 9 nitrogen and oxygen atoms in total. The molecule has 149 valence electrons. The molecular weight excluding hydrogens is 423 g/mol. The summed E-state index contributed by atoms with van der Waals surface area (Å²) >= 11 is 0. The molecule has 2 aromatic heterocycles. The summed E-state index contributed by atoms with van der Waals surface area (Å²) in [5.41, 5.74) is 13.5. The van der Waals surface area contributed by atoms with Gasteiger partial charge < -0.3 is 27.2 Å². The second-order valence-electron chi connectivity index (χ2n) is 5.66. The number of hydrogen-bond donors (Lipinski definition) is 2. The minimum atomic E-state index is -0.889. The first-order valence-corrected chi connectivity index (χ1v) is 8.24. The number of hydrogen-bond acceptors (Lipinski definition) is 7. The van der Waals surface area contributed by atoms with Crippen LogP contribution >= 0.6 is 0 Å². The van der Waals surface area contributed by atoms with E-state index in [-0.39, 0.29) is 29.8 Å². The molecule has 30 heavy (non-hydrogen) atoms. The molecule has 2 aromatic carbocycles. The zero-order valence-electron chi connectivity index (χ0n) is 15.5. The fraction of sp³-hybridized carbons (Fsp3) is 0. The predicted octanol–water partition coefficient (Wildman–Crippen LogP) is 1.01. The Morgan fingerprint density at radius 3 is 2.33 bits per heavy atom. The van der Waals surface area contributed by atoms with Crippen molar-refractivity contribution in [2.45, 2.75) is 0 Å². The summed E-state index contributed by atoms with van der Waals surface area (Å²) in [4.78, 5) is 8.66. The average molecular weight is 439 g/mol. The molecule has 0 amide bonds. The van der Waals surface area contributed by atoms with Crippen LogP contribution in [-0.2, 0) is 24.0 Å². The second kappa shape index (κ2) is 11.4. The number of nitrogens with zero attached hydrogens (tertiary/aromatic N) is 4. The molecule has 4 aromatic rings. The number of para-hydroxylation sites is 1. The third-order valence-electron chi connectivity index (χ3n) is 3.77. The van der Waals surface area contributed by atoms with E-state index >= 15 is 0 Å². The summed E-state index contributed by atoms with van der Waals surface area (Å²) in [7, 11) is 0. The maximum atomic E-state index is 11.0. The molecule has 0 fully saturated rings. The van der Waals surface area contributed by atoms with Crippen LogP contribution in [0.5, 0.6) is 5.75 Å². The van der Waals surface area contributed by atoms with Crippen LogP contribution in [0, 0.1) is 0 Å². The molecule has 0 saturated heterocycles. The van der Waals surface area contributed by atoms with Crippen LogP contribution < -0.4 is 21.7 Å². The number of aromatic nitrogens is 2. The van der Waals surface area contributed by atoms with Gasteiger partial charge in [-0.15, -0.1) is 5.10 Å². The predicted molar refractivity (Wildman–Crippen MR) is 107 cm³/mol. The number of pyridine rings is 2. The molecule has 2 heterocycles. The molecule has 0 unspecified atom stereocenters. The number of fused-ring (bicyclic) bond motifs is 3. The molecular formula is C20H16N6O3V. The number of benzene rings is 2. The van der Waals surface area contributed by atoms with Gasteiger partial charge in [-0.3, -0.25) is 9.97 Å². The van der Waals surface area contributed by atoms with Crippen molar-refractivity contribution in [2.75, 3.05) is 5.73 Å². The van der Waals surface area contributed by atoms with Crippen LogP contribution in [0.25, 0.3) is 21.8 Å². The van der Waals surface area contributed by atoms with E-state index in [1.165, 1.54) is 12.3 Å². The zero-order chi connectivity index (χ0) is 19.9. The quantitative estimate of drug-likeness (QED) is 0.155. The standard InChI is InChI=1S/C12H9N3.C8H9N3O2.O.V/c13-10-7-8-3-1-5-14-11(8)12-9(10)4-2-6-15-12;9-8(13)11-10-5-6-3-1-2-4-7(6)12;;/h1-7H,13H2;1-5,12H,(H3,9,11,13);;/q;;-2;+4/p-2/b;10-5+;;. The number of nitrogens with two attached hydrogens (primary N) is 2. The topological polar surface area (TPSA) is 177 Å². The van der Waals surface area contributed by atoms with Crippen molar-refractivity contribution in [1.82, 2.24) is 9.97 Å². The van der Waals surface area contributed by atoms with Crippen molar-refractivity contribution in [3.05, 3.63) is 72.6 Å². The third-order valence-corrected chi connectivity index (χ3v) is 3.77. The Labute approximate surface area is 184 Å². The largest absolute Gasteiger partial charge is 4.00 e. The van der Waals surface area contributed by atoms with Crippen molar-refractivity contribution in [2.24, 2.45) is 15.9 Å². The minimum absolute atomic E-state index is 0. The summed E-state index contributed by atoms with van der Waals surface area (Å²) < 4.78 is 0. The summed E-state index contributed by atoms with van der Waals surface area (Å²) in [6.07, 6.45) is 4.72. The normalized spacial score (nSPS) is 10.7. The fourth-order valence-corrected chi connectivity index (χ4v) is 2.54. The van der Waals surface area contributed by atoms with Crippen molar-refractivity contribution in [3.63, 3.8) is 0 Å². The molecule has 4 N–H and O–H groups in total. The van der Waals surface area contributed by atoms with Gasteiger partial charge >= 0.3 is 18.6 Å². The Morgan fingerprint density at radius 1 is 0.967 bits per heavy atom. The van der Waals surface area contributed by atoms with Gasteiger partial charge in [0.15, 0.2) is 0 Å². The first kappa shape index (κ1) is 24.4. The van der Waals surface area contributed by atoms with Crippen molar-refractivity contribution in [1.29, 1.82) is 0 Å². The SMILES string of the molecule is N/C([O-])=N/N=C/c1ccccc1[O-].Nc1cc2cccnc2c2ncccc12.[O-2].[V+4]. The second-order valence-corrected chi connectivity index (χ2v) is 5.66. The fourth-order valence-electron chi connectivity index (χ4n) is 2.54. The zero-order valence-corrected chi connectivity index (χ0v) is 16.9. The monoisotopic (exact) mass is 439 g/mol. The maximum absolute atomic E-state index is 11.0. The van der Waals surface area contributed by atoms with E-state index in [2.05, 4.69) is 20.2 Å². The molecule has 10 heteroatoms. The summed E-state index contributed by atoms with van der Waals surface area (Å²) in [5, 5.41) is 29.5. The first-order valence-electron chi connectivity index (χ1n) is 8.24. The van der Waals surface area contributed by atoms with Crippen molar-refractivity contribution < 1.29 is 34.2 Å². The van der Waals surface area contributed by atoms with E-state index in [1.54, 1.807) is 30.6 Å². The van der Waals surface area contributed by atoms with Crippen LogP contribution in [-0.4, -0.2) is 22.2 Å². The molecule has 0 atom stereocenters. The van der Waals surface area contributed by atoms with E-state index in [1.807, 2.05) is 30.3 Å². The first-order chi connectivity index (χ1) is 13.6. The molecule has 0 spiro atoms.